The van der Waals surface area contributed by atoms with Gasteiger partial charge in [0.25, 0.3) is 5.91 Å². The van der Waals surface area contributed by atoms with Crippen molar-refractivity contribution in [3.05, 3.63) is 53.9 Å². The lowest BCUT2D eigenvalue weighted by Gasteiger charge is -2.36. The Hall–Kier alpha value is -3.16. The highest BCUT2D eigenvalue weighted by Crippen LogP contribution is 2.12. The maximum absolute atomic E-state index is 12.5. The van der Waals surface area contributed by atoms with Crippen molar-refractivity contribution < 1.29 is 4.79 Å². The van der Waals surface area contributed by atoms with Gasteiger partial charge in [0, 0.05) is 56.2 Å². The molecule has 1 aliphatic rings. The number of nitrogens with one attached hydrogen (secondary N) is 2. The number of hydrogen-bond donors (Lipinski definition) is 2. The van der Waals surface area contributed by atoms with Crippen LogP contribution in [-0.4, -0.2) is 65.0 Å². The number of carbonyl (C=O) groups is 1. The molecule has 2 heterocycles. The number of benzene rings is 1. The molecule has 2 aromatic rings. The van der Waals surface area contributed by atoms with Crippen molar-refractivity contribution in [3.8, 4) is 0 Å². The average molecular weight is 424 g/mol. The highest BCUT2D eigenvalue weighted by Gasteiger charge is 2.21. The molecular weight excluding hydrogens is 390 g/mol. The molecule has 8 nitrogen and oxygen atoms in total. The van der Waals surface area contributed by atoms with Gasteiger partial charge in [-0.15, -0.1) is 0 Å². The number of aromatic nitrogens is 2. The Balaban J connectivity index is 1.64. The molecule has 0 unspecified atom stereocenters. The maximum atomic E-state index is 12.5. The van der Waals surface area contributed by atoms with Crippen LogP contribution >= 0.6 is 0 Å². The second kappa shape index (κ2) is 10.2. The topological polar surface area (TPSA) is 85.8 Å². The first-order valence-corrected chi connectivity index (χ1v) is 10.8. The van der Waals surface area contributed by atoms with Crippen LogP contribution in [0.5, 0.6) is 0 Å². The van der Waals surface area contributed by atoms with E-state index < -0.39 is 0 Å². The van der Waals surface area contributed by atoms with Crippen molar-refractivity contribution in [3.63, 3.8) is 0 Å². The third-order valence-electron chi connectivity index (χ3n) is 4.84. The molecular formula is C23H33N7O. The SMILES string of the molecule is CCNC(=NCc1cccc(C(=O)NC(C)(C)C)c1)N1CCN(c2ncccn2)CC1. The lowest BCUT2D eigenvalue weighted by Crippen LogP contribution is -2.52. The zero-order chi connectivity index (χ0) is 22.3. The molecule has 1 aromatic heterocycles. The highest BCUT2D eigenvalue weighted by molar-refractivity contribution is 5.94. The molecule has 8 heteroatoms. The van der Waals surface area contributed by atoms with Crippen LogP contribution in [0.25, 0.3) is 0 Å². The summed E-state index contributed by atoms with van der Waals surface area (Å²) in [7, 11) is 0. The lowest BCUT2D eigenvalue weighted by atomic mass is 10.1. The minimum absolute atomic E-state index is 0.0653. The largest absolute Gasteiger partial charge is 0.357 e. The minimum Gasteiger partial charge on any atom is -0.357 e. The summed E-state index contributed by atoms with van der Waals surface area (Å²) in [6, 6.07) is 9.50. The fourth-order valence-electron chi connectivity index (χ4n) is 3.39. The van der Waals surface area contributed by atoms with E-state index in [0.29, 0.717) is 12.1 Å². The van der Waals surface area contributed by atoms with Crippen molar-refractivity contribution in [1.82, 2.24) is 25.5 Å². The Bertz CT molecular complexity index is 884. The van der Waals surface area contributed by atoms with Gasteiger partial charge in [0.15, 0.2) is 5.96 Å². The van der Waals surface area contributed by atoms with Gasteiger partial charge in [-0.1, -0.05) is 12.1 Å². The molecule has 1 amide bonds. The number of carbonyl (C=O) groups excluding carboxylic acids is 1. The Morgan fingerprint density at radius 3 is 2.45 bits per heavy atom. The minimum atomic E-state index is -0.267. The summed E-state index contributed by atoms with van der Waals surface area (Å²) in [6.07, 6.45) is 3.55. The van der Waals surface area contributed by atoms with Gasteiger partial charge in [-0.25, -0.2) is 15.0 Å². The van der Waals surface area contributed by atoms with E-state index in [9.17, 15) is 4.79 Å². The lowest BCUT2D eigenvalue weighted by molar-refractivity contribution is 0.0919. The molecule has 0 bridgehead atoms. The van der Waals surface area contributed by atoms with Crippen LogP contribution in [-0.2, 0) is 6.54 Å². The maximum Gasteiger partial charge on any atom is 0.251 e. The zero-order valence-electron chi connectivity index (χ0n) is 18.9. The predicted octanol–water partition coefficient (Wildman–Crippen LogP) is 2.29. The van der Waals surface area contributed by atoms with Crippen LogP contribution < -0.4 is 15.5 Å². The summed E-state index contributed by atoms with van der Waals surface area (Å²) < 4.78 is 0. The molecule has 31 heavy (non-hydrogen) atoms. The molecule has 1 fully saturated rings. The van der Waals surface area contributed by atoms with Crippen LogP contribution in [0.3, 0.4) is 0 Å². The fraction of sp³-hybridized carbons (Fsp3) is 0.478. The standard InChI is InChI=1S/C23H33N7O/c1-5-24-21(29-12-14-30(15-13-29)22-25-10-7-11-26-22)27-17-18-8-6-9-19(16-18)20(31)28-23(2,3)4/h6-11,16H,5,12-15,17H2,1-4H3,(H,24,27)(H,28,31). The van der Waals surface area contributed by atoms with Crippen molar-refractivity contribution in [2.24, 2.45) is 4.99 Å². The van der Waals surface area contributed by atoms with Gasteiger partial charge in [0.2, 0.25) is 5.95 Å². The van der Waals surface area contributed by atoms with Gasteiger partial charge in [-0.2, -0.15) is 0 Å². The number of nitrogens with zero attached hydrogens (tertiary/aromatic N) is 5. The molecule has 1 aromatic carbocycles. The number of piperazine rings is 1. The first-order valence-electron chi connectivity index (χ1n) is 10.8. The van der Waals surface area contributed by atoms with Crippen LogP contribution in [0.1, 0.15) is 43.6 Å². The number of anilines is 1. The third kappa shape index (κ3) is 6.67. The van der Waals surface area contributed by atoms with E-state index in [1.54, 1.807) is 12.4 Å². The van der Waals surface area contributed by atoms with Gasteiger partial charge in [-0.05, 0) is 51.5 Å². The smallest absolute Gasteiger partial charge is 0.251 e. The molecule has 0 aliphatic carbocycles. The predicted molar refractivity (Wildman–Crippen MR) is 124 cm³/mol. The van der Waals surface area contributed by atoms with Crippen LogP contribution in [0.15, 0.2) is 47.7 Å². The normalized spacial score (nSPS) is 15.0. The van der Waals surface area contributed by atoms with Gasteiger partial charge in [0.1, 0.15) is 0 Å². The molecule has 166 valence electrons. The van der Waals surface area contributed by atoms with Crippen molar-refractivity contribution in [1.29, 1.82) is 0 Å². The average Bonchev–Trinajstić information content (AvgIpc) is 2.76. The van der Waals surface area contributed by atoms with Crippen molar-refractivity contribution in [2.45, 2.75) is 39.8 Å². The van der Waals surface area contributed by atoms with Gasteiger partial charge >= 0.3 is 0 Å². The highest BCUT2D eigenvalue weighted by atomic mass is 16.1. The first-order chi connectivity index (χ1) is 14.9. The summed E-state index contributed by atoms with van der Waals surface area (Å²) in [4.78, 5) is 30.4. The third-order valence-corrected chi connectivity index (χ3v) is 4.84. The molecule has 2 N–H and O–H groups in total. The Labute approximate surface area is 184 Å². The van der Waals surface area contributed by atoms with Crippen molar-refractivity contribution in [2.75, 3.05) is 37.6 Å². The molecule has 1 saturated heterocycles. The Morgan fingerprint density at radius 2 is 1.81 bits per heavy atom. The monoisotopic (exact) mass is 423 g/mol. The molecule has 3 rings (SSSR count). The molecule has 0 saturated carbocycles. The van der Waals surface area contributed by atoms with Crippen LogP contribution in [0.2, 0.25) is 0 Å². The first kappa shape index (κ1) is 22.5. The van der Waals surface area contributed by atoms with E-state index in [1.165, 1.54) is 0 Å². The van der Waals surface area contributed by atoms with Crippen molar-refractivity contribution >= 4 is 17.8 Å². The number of rotatable bonds is 5. The summed E-state index contributed by atoms with van der Waals surface area (Å²) in [5, 5.41) is 6.40. The fourth-order valence-corrected chi connectivity index (χ4v) is 3.39. The molecule has 0 radical (unpaired) electrons. The van der Waals surface area contributed by atoms with Gasteiger partial charge < -0.3 is 20.4 Å². The summed E-state index contributed by atoms with van der Waals surface area (Å²) in [6.45, 7) is 12.7. The summed E-state index contributed by atoms with van der Waals surface area (Å²) in [5.74, 6) is 1.60. The number of aliphatic imine (C=N–C) groups is 1. The Morgan fingerprint density at radius 1 is 1.10 bits per heavy atom. The number of guanidine groups is 1. The second-order valence-electron chi connectivity index (χ2n) is 8.60. The molecule has 1 aliphatic heterocycles. The van der Waals surface area contributed by atoms with E-state index in [-0.39, 0.29) is 11.4 Å². The second-order valence-corrected chi connectivity index (χ2v) is 8.60. The zero-order valence-corrected chi connectivity index (χ0v) is 18.9. The van der Waals surface area contributed by atoms with E-state index in [1.807, 2.05) is 51.1 Å². The molecule has 0 spiro atoms. The summed E-state index contributed by atoms with van der Waals surface area (Å²) >= 11 is 0. The van der Waals surface area contributed by atoms with E-state index >= 15 is 0 Å². The van der Waals surface area contributed by atoms with Crippen LogP contribution in [0.4, 0.5) is 5.95 Å². The number of amides is 1. The van der Waals surface area contributed by atoms with Crippen LogP contribution in [0, 0.1) is 0 Å². The molecule has 0 atom stereocenters. The quantitative estimate of drug-likeness (QED) is 0.567. The van der Waals surface area contributed by atoms with E-state index in [0.717, 1.165) is 50.2 Å². The Kier molecular flexibility index (Phi) is 7.44. The van der Waals surface area contributed by atoms with E-state index in [2.05, 4.69) is 37.3 Å². The van der Waals surface area contributed by atoms with E-state index in [4.69, 9.17) is 4.99 Å². The summed E-state index contributed by atoms with van der Waals surface area (Å²) in [5.41, 5.74) is 1.40. The number of hydrogen-bond acceptors (Lipinski definition) is 5. The van der Waals surface area contributed by atoms with Gasteiger partial charge in [0.05, 0.1) is 6.54 Å². The van der Waals surface area contributed by atoms with Gasteiger partial charge in [-0.3, -0.25) is 4.79 Å².